The summed E-state index contributed by atoms with van der Waals surface area (Å²) in [5.74, 6) is 1.38. The molecule has 17 heavy (non-hydrogen) atoms. The molecular formula is C10H20N6O. The van der Waals surface area contributed by atoms with E-state index in [1.807, 2.05) is 27.7 Å². The van der Waals surface area contributed by atoms with Gasteiger partial charge in [0.25, 0.3) is 5.95 Å². The van der Waals surface area contributed by atoms with Crippen LogP contribution in [0.15, 0.2) is 0 Å². The molecule has 0 aliphatic carbocycles. The van der Waals surface area contributed by atoms with Crippen molar-refractivity contribution in [2.45, 2.75) is 33.2 Å². The fourth-order valence-electron chi connectivity index (χ4n) is 1.14. The summed E-state index contributed by atoms with van der Waals surface area (Å²) in [6.07, 6.45) is 0. The van der Waals surface area contributed by atoms with E-state index in [0.717, 1.165) is 6.54 Å². The van der Waals surface area contributed by atoms with Gasteiger partial charge >= 0.3 is 0 Å². The van der Waals surface area contributed by atoms with Gasteiger partial charge in [-0.2, -0.15) is 15.0 Å². The van der Waals surface area contributed by atoms with Gasteiger partial charge in [0.2, 0.25) is 11.9 Å². The molecule has 96 valence electrons. The summed E-state index contributed by atoms with van der Waals surface area (Å²) in [6.45, 7) is 8.82. The first kappa shape index (κ1) is 13.4. The molecule has 0 radical (unpaired) electrons. The van der Waals surface area contributed by atoms with Crippen molar-refractivity contribution in [1.82, 2.24) is 15.0 Å². The van der Waals surface area contributed by atoms with Gasteiger partial charge in [0.1, 0.15) is 0 Å². The number of nitrogens with zero attached hydrogens (tertiary/aromatic N) is 3. The van der Waals surface area contributed by atoms with E-state index in [9.17, 15) is 0 Å². The number of rotatable bonds is 5. The summed E-state index contributed by atoms with van der Waals surface area (Å²) in [4.78, 5) is 17.4. The van der Waals surface area contributed by atoms with Crippen molar-refractivity contribution in [3.8, 4) is 0 Å². The fraction of sp³-hybridized carbons (Fsp3) is 0.700. The standard InChI is InChI=1S/C10H20N6O/c1-6-11-7-12-8(15-10(2,3)4)14-9(13-7)16-17-5/h6H2,1-5H3,(H3,11,12,13,14,15,16). The molecule has 0 aliphatic rings. The summed E-state index contributed by atoms with van der Waals surface area (Å²) < 4.78 is 0. The van der Waals surface area contributed by atoms with Gasteiger partial charge in [-0.1, -0.05) is 0 Å². The molecule has 3 N–H and O–H groups in total. The average Bonchev–Trinajstić information content (AvgIpc) is 2.15. The summed E-state index contributed by atoms with van der Waals surface area (Å²) >= 11 is 0. The predicted molar refractivity (Wildman–Crippen MR) is 68.0 cm³/mol. The Bertz CT molecular complexity index is 338. The molecule has 0 atom stereocenters. The van der Waals surface area contributed by atoms with Crippen LogP contribution in [0.25, 0.3) is 0 Å². The van der Waals surface area contributed by atoms with Crippen LogP contribution in [-0.2, 0) is 4.84 Å². The van der Waals surface area contributed by atoms with Crippen molar-refractivity contribution in [3.05, 3.63) is 0 Å². The lowest BCUT2D eigenvalue weighted by atomic mass is 10.1. The second-order valence-corrected chi connectivity index (χ2v) is 4.52. The molecule has 0 saturated heterocycles. The van der Waals surface area contributed by atoms with Gasteiger partial charge < -0.3 is 10.6 Å². The highest BCUT2D eigenvalue weighted by Crippen LogP contribution is 2.13. The smallest absolute Gasteiger partial charge is 0.253 e. The topological polar surface area (TPSA) is 84.0 Å². The molecule has 0 fully saturated rings. The SMILES string of the molecule is CCNc1nc(NOC)nc(NC(C)(C)C)n1. The molecule has 0 amide bonds. The largest absolute Gasteiger partial charge is 0.354 e. The van der Waals surface area contributed by atoms with Crippen LogP contribution in [0.5, 0.6) is 0 Å². The first-order valence-electron chi connectivity index (χ1n) is 5.51. The lowest BCUT2D eigenvalue weighted by Crippen LogP contribution is -2.28. The normalized spacial score (nSPS) is 11.1. The zero-order valence-electron chi connectivity index (χ0n) is 11.0. The van der Waals surface area contributed by atoms with E-state index in [4.69, 9.17) is 4.84 Å². The van der Waals surface area contributed by atoms with Crippen LogP contribution in [-0.4, -0.2) is 34.1 Å². The van der Waals surface area contributed by atoms with Crippen LogP contribution in [0.3, 0.4) is 0 Å². The molecule has 0 unspecified atom stereocenters. The van der Waals surface area contributed by atoms with E-state index in [-0.39, 0.29) is 5.54 Å². The maximum atomic E-state index is 4.79. The molecule has 0 bridgehead atoms. The third-order valence-electron chi connectivity index (χ3n) is 1.65. The third-order valence-corrected chi connectivity index (χ3v) is 1.65. The molecule has 1 aromatic rings. The Kier molecular flexibility index (Phi) is 4.45. The van der Waals surface area contributed by atoms with Crippen LogP contribution < -0.4 is 16.1 Å². The van der Waals surface area contributed by atoms with E-state index < -0.39 is 0 Å². The van der Waals surface area contributed by atoms with E-state index in [2.05, 4.69) is 31.1 Å². The van der Waals surface area contributed by atoms with Gasteiger partial charge in [-0.15, -0.1) is 0 Å². The van der Waals surface area contributed by atoms with Crippen LogP contribution in [0.4, 0.5) is 17.8 Å². The molecular weight excluding hydrogens is 220 g/mol. The minimum atomic E-state index is -0.116. The molecule has 1 heterocycles. The van der Waals surface area contributed by atoms with E-state index in [0.29, 0.717) is 17.8 Å². The predicted octanol–water partition coefficient (Wildman–Crippen LogP) is 1.49. The fourth-order valence-corrected chi connectivity index (χ4v) is 1.14. The van der Waals surface area contributed by atoms with Gasteiger partial charge in [-0.25, -0.2) is 5.48 Å². The Morgan fingerprint density at radius 1 is 1.06 bits per heavy atom. The highest BCUT2D eigenvalue weighted by Gasteiger charge is 2.13. The van der Waals surface area contributed by atoms with Gasteiger partial charge in [0.05, 0.1) is 7.11 Å². The van der Waals surface area contributed by atoms with Crippen LogP contribution >= 0.6 is 0 Å². The van der Waals surface area contributed by atoms with Crippen LogP contribution in [0.2, 0.25) is 0 Å². The molecule has 0 aliphatic heterocycles. The van der Waals surface area contributed by atoms with Crippen molar-refractivity contribution in [3.63, 3.8) is 0 Å². The number of nitrogens with one attached hydrogen (secondary N) is 3. The van der Waals surface area contributed by atoms with E-state index in [1.165, 1.54) is 7.11 Å². The van der Waals surface area contributed by atoms with Crippen molar-refractivity contribution in [2.24, 2.45) is 0 Å². The Balaban J connectivity index is 2.94. The van der Waals surface area contributed by atoms with Crippen molar-refractivity contribution in [2.75, 3.05) is 29.8 Å². The summed E-state index contributed by atoms with van der Waals surface area (Å²) in [6, 6.07) is 0. The second kappa shape index (κ2) is 5.62. The zero-order valence-corrected chi connectivity index (χ0v) is 11.0. The quantitative estimate of drug-likeness (QED) is 0.672. The zero-order chi connectivity index (χ0) is 12.9. The lowest BCUT2D eigenvalue weighted by Gasteiger charge is -2.20. The van der Waals surface area contributed by atoms with Gasteiger partial charge in [0, 0.05) is 12.1 Å². The number of anilines is 3. The minimum Gasteiger partial charge on any atom is -0.354 e. The summed E-state index contributed by atoms with van der Waals surface area (Å²) in [7, 11) is 1.51. The minimum absolute atomic E-state index is 0.116. The first-order chi connectivity index (χ1) is 7.94. The Labute approximate surface area is 101 Å². The molecule has 7 nitrogen and oxygen atoms in total. The maximum Gasteiger partial charge on any atom is 0.253 e. The summed E-state index contributed by atoms with van der Waals surface area (Å²) in [5, 5.41) is 6.22. The van der Waals surface area contributed by atoms with E-state index >= 15 is 0 Å². The monoisotopic (exact) mass is 240 g/mol. The molecule has 1 aromatic heterocycles. The average molecular weight is 240 g/mol. The summed E-state index contributed by atoms with van der Waals surface area (Å²) in [5.41, 5.74) is 2.47. The van der Waals surface area contributed by atoms with Crippen molar-refractivity contribution >= 4 is 17.8 Å². The molecule has 0 aromatic carbocycles. The Hall–Kier alpha value is -1.63. The van der Waals surface area contributed by atoms with Crippen molar-refractivity contribution < 1.29 is 4.84 Å². The lowest BCUT2D eigenvalue weighted by molar-refractivity contribution is 0.267. The molecule has 1 rings (SSSR count). The van der Waals surface area contributed by atoms with Crippen LogP contribution in [0.1, 0.15) is 27.7 Å². The number of aromatic nitrogens is 3. The maximum absolute atomic E-state index is 4.79. The van der Waals surface area contributed by atoms with Crippen LogP contribution in [0, 0.1) is 0 Å². The molecule has 0 spiro atoms. The van der Waals surface area contributed by atoms with Crippen molar-refractivity contribution in [1.29, 1.82) is 0 Å². The Morgan fingerprint density at radius 3 is 2.18 bits per heavy atom. The van der Waals surface area contributed by atoms with Gasteiger partial charge in [-0.05, 0) is 27.7 Å². The number of hydrogen-bond acceptors (Lipinski definition) is 7. The molecule has 0 saturated carbocycles. The van der Waals surface area contributed by atoms with Gasteiger partial charge in [-0.3, -0.25) is 4.84 Å². The van der Waals surface area contributed by atoms with Gasteiger partial charge in [0.15, 0.2) is 0 Å². The third kappa shape index (κ3) is 4.81. The second-order valence-electron chi connectivity index (χ2n) is 4.52. The highest BCUT2D eigenvalue weighted by molar-refractivity contribution is 5.42. The first-order valence-corrected chi connectivity index (χ1v) is 5.51. The Morgan fingerprint density at radius 2 is 1.65 bits per heavy atom. The van der Waals surface area contributed by atoms with E-state index in [1.54, 1.807) is 0 Å². The molecule has 7 heteroatoms. The highest BCUT2D eigenvalue weighted by atomic mass is 16.6. The number of hydrogen-bond donors (Lipinski definition) is 3.